The fraction of sp³-hybridized carbons (Fsp3) is 0.276. The summed E-state index contributed by atoms with van der Waals surface area (Å²) in [5.41, 5.74) is 2.31. The van der Waals surface area contributed by atoms with Crippen LogP contribution in [0, 0.1) is 9.49 Å². The normalized spacial score (nSPS) is 14.3. The molecule has 1 heterocycles. The number of methoxy groups -OCH3 is 1. The van der Waals surface area contributed by atoms with E-state index in [0.717, 1.165) is 14.9 Å². The number of amides is 4. The van der Waals surface area contributed by atoms with Crippen molar-refractivity contribution < 1.29 is 19.1 Å². The van der Waals surface area contributed by atoms with Crippen molar-refractivity contribution in [3.8, 4) is 5.75 Å². The Morgan fingerprint density at radius 3 is 2.13 bits per heavy atom. The highest BCUT2D eigenvalue weighted by atomic mass is 127. The average molecular weight is 626 g/mol. The number of rotatable bonds is 8. The summed E-state index contributed by atoms with van der Waals surface area (Å²) < 4.78 is 6.22. The Bertz CT molecular complexity index is 1230. The maximum absolute atomic E-state index is 13.5. The first-order valence-electron chi connectivity index (χ1n) is 12.5. The van der Waals surface area contributed by atoms with Crippen molar-refractivity contribution in [3.05, 3.63) is 88.0 Å². The molecule has 0 unspecified atom stereocenters. The number of hydrogen-bond donors (Lipinski definition) is 3. The molecule has 4 rings (SSSR count). The van der Waals surface area contributed by atoms with E-state index in [1.54, 1.807) is 36.3 Å². The Kier molecular flexibility index (Phi) is 9.58. The molecule has 3 aromatic rings. The summed E-state index contributed by atoms with van der Waals surface area (Å²) in [6, 6.07) is 23.1. The number of carbonyl (C=O) groups is 3. The molecule has 0 aromatic heterocycles. The van der Waals surface area contributed by atoms with Crippen molar-refractivity contribution in [2.24, 2.45) is 5.92 Å². The van der Waals surface area contributed by atoms with Gasteiger partial charge in [-0.1, -0.05) is 30.3 Å². The van der Waals surface area contributed by atoms with Gasteiger partial charge in [-0.15, -0.1) is 0 Å². The molecule has 0 radical (unpaired) electrons. The maximum atomic E-state index is 13.5. The standard InChI is InChI=1S/C29H31IN4O4/c1-38-25-13-11-23(12-14-25)31-27(35)21-15-17-34(18-16-21)28(36)26(19-20-5-3-2-4-6-20)33-29(37)32-24-9-7-22(30)8-10-24/h2-14,21,26H,15-19H2,1H3,(H,31,35)(H2,32,33,37)/t26-/m1/s1. The number of carbonyl (C=O) groups excluding carboxylic acids is 3. The Labute approximate surface area is 236 Å². The molecule has 0 saturated carbocycles. The Morgan fingerprint density at radius 1 is 0.895 bits per heavy atom. The monoisotopic (exact) mass is 626 g/mol. The largest absolute Gasteiger partial charge is 0.497 e. The van der Waals surface area contributed by atoms with Gasteiger partial charge in [0.05, 0.1) is 7.11 Å². The molecule has 3 N–H and O–H groups in total. The zero-order valence-corrected chi connectivity index (χ0v) is 23.3. The number of ether oxygens (including phenoxy) is 1. The van der Waals surface area contributed by atoms with Crippen LogP contribution in [0.15, 0.2) is 78.9 Å². The summed E-state index contributed by atoms with van der Waals surface area (Å²) in [6.07, 6.45) is 1.49. The third-order valence-electron chi connectivity index (χ3n) is 6.52. The minimum absolute atomic E-state index is 0.0573. The molecule has 9 heteroatoms. The lowest BCUT2D eigenvalue weighted by Crippen LogP contribution is -2.53. The highest BCUT2D eigenvalue weighted by molar-refractivity contribution is 14.1. The summed E-state index contributed by atoms with van der Waals surface area (Å²) in [5.74, 6) is 0.324. The average Bonchev–Trinajstić information content (AvgIpc) is 2.94. The highest BCUT2D eigenvalue weighted by Gasteiger charge is 2.32. The van der Waals surface area contributed by atoms with Crippen molar-refractivity contribution in [1.82, 2.24) is 10.2 Å². The number of hydrogen-bond acceptors (Lipinski definition) is 4. The Hall–Kier alpha value is -3.60. The molecule has 0 spiro atoms. The first-order valence-corrected chi connectivity index (χ1v) is 13.6. The van der Waals surface area contributed by atoms with Crippen LogP contribution < -0.4 is 20.7 Å². The van der Waals surface area contributed by atoms with E-state index in [4.69, 9.17) is 4.74 Å². The number of urea groups is 1. The van der Waals surface area contributed by atoms with Gasteiger partial charge in [0.25, 0.3) is 0 Å². The van der Waals surface area contributed by atoms with Crippen LogP contribution in [-0.2, 0) is 16.0 Å². The zero-order chi connectivity index (χ0) is 26.9. The van der Waals surface area contributed by atoms with Gasteiger partial charge in [-0.3, -0.25) is 9.59 Å². The minimum atomic E-state index is -0.731. The molecular formula is C29H31IN4O4. The van der Waals surface area contributed by atoms with Gasteiger partial charge in [0.15, 0.2) is 0 Å². The molecule has 1 fully saturated rings. The van der Waals surface area contributed by atoms with E-state index in [1.165, 1.54) is 0 Å². The van der Waals surface area contributed by atoms with E-state index in [9.17, 15) is 14.4 Å². The molecule has 1 saturated heterocycles. The van der Waals surface area contributed by atoms with Crippen LogP contribution in [0.2, 0.25) is 0 Å². The second-order valence-electron chi connectivity index (χ2n) is 9.16. The van der Waals surface area contributed by atoms with E-state index in [2.05, 4.69) is 38.5 Å². The van der Waals surface area contributed by atoms with Crippen molar-refractivity contribution in [2.75, 3.05) is 30.8 Å². The number of anilines is 2. The van der Waals surface area contributed by atoms with E-state index in [0.29, 0.717) is 43.7 Å². The lowest BCUT2D eigenvalue weighted by molar-refractivity contribution is -0.136. The Morgan fingerprint density at radius 2 is 1.50 bits per heavy atom. The minimum Gasteiger partial charge on any atom is -0.497 e. The topological polar surface area (TPSA) is 99.8 Å². The number of benzene rings is 3. The second-order valence-corrected chi connectivity index (χ2v) is 10.4. The first kappa shape index (κ1) is 27.4. The van der Waals surface area contributed by atoms with Crippen LogP contribution >= 0.6 is 22.6 Å². The highest BCUT2D eigenvalue weighted by Crippen LogP contribution is 2.22. The van der Waals surface area contributed by atoms with Gasteiger partial charge in [-0.25, -0.2) is 4.79 Å². The molecule has 198 valence electrons. The molecule has 38 heavy (non-hydrogen) atoms. The number of nitrogens with zero attached hydrogens (tertiary/aromatic N) is 1. The zero-order valence-electron chi connectivity index (χ0n) is 21.2. The fourth-order valence-electron chi connectivity index (χ4n) is 4.41. The van der Waals surface area contributed by atoms with Gasteiger partial charge < -0.3 is 25.6 Å². The van der Waals surface area contributed by atoms with Crippen molar-refractivity contribution >= 4 is 51.8 Å². The molecular weight excluding hydrogens is 595 g/mol. The molecule has 4 amide bonds. The Balaban J connectivity index is 1.36. The third-order valence-corrected chi connectivity index (χ3v) is 7.24. The van der Waals surface area contributed by atoms with Gasteiger partial charge >= 0.3 is 6.03 Å². The molecule has 1 atom stereocenters. The quantitative estimate of drug-likeness (QED) is 0.310. The summed E-state index contributed by atoms with van der Waals surface area (Å²) in [4.78, 5) is 40.9. The van der Waals surface area contributed by atoms with Crippen LogP contribution in [0.25, 0.3) is 0 Å². The van der Waals surface area contributed by atoms with Crippen molar-refractivity contribution in [1.29, 1.82) is 0 Å². The first-order chi connectivity index (χ1) is 18.4. The van der Waals surface area contributed by atoms with Crippen LogP contribution in [0.5, 0.6) is 5.75 Å². The third kappa shape index (κ3) is 7.70. The van der Waals surface area contributed by atoms with E-state index in [1.807, 2.05) is 54.6 Å². The maximum Gasteiger partial charge on any atom is 0.319 e. The second kappa shape index (κ2) is 13.3. The summed E-state index contributed by atoms with van der Waals surface area (Å²) in [7, 11) is 1.60. The van der Waals surface area contributed by atoms with Crippen LogP contribution in [0.3, 0.4) is 0 Å². The summed E-state index contributed by atoms with van der Waals surface area (Å²) in [6.45, 7) is 0.899. The van der Waals surface area contributed by atoms with Crippen LogP contribution in [0.1, 0.15) is 18.4 Å². The summed E-state index contributed by atoms with van der Waals surface area (Å²) >= 11 is 2.20. The van der Waals surface area contributed by atoms with E-state index in [-0.39, 0.29) is 17.7 Å². The smallest absolute Gasteiger partial charge is 0.319 e. The van der Waals surface area contributed by atoms with Crippen molar-refractivity contribution in [3.63, 3.8) is 0 Å². The molecule has 0 bridgehead atoms. The molecule has 1 aliphatic rings. The number of piperidine rings is 1. The lowest BCUT2D eigenvalue weighted by atomic mass is 9.94. The van der Waals surface area contributed by atoms with Gasteiger partial charge in [-0.2, -0.15) is 0 Å². The van der Waals surface area contributed by atoms with Crippen LogP contribution in [0.4, 0.5) is 16.2 Å². The van der Waals surface area contributed by atoms with Gasteiger partial charge in [0.1, 0.15) is 11.8 Å². The number of nitrogens with one attached hydrogen (secondary N) is 3. The molecule has 8 nitrogen and oxygen atoms in total. The van der Waals surface area contributed by atoms with Crippen LogP contribution in [-0.4, -0.2) is 49.0 Å². The van der Waals surface area contributed by atoms with Gasteiger partial charge in [0.2, 0.25) is 11.8 Å². The molecule has 1 aliphatic heterocycles. The lowest BCUT2D eigenvalue weighted by Gasteiger charge is -2.34. The van der Waals surface area contributed by atoms with Crippen molar-refractivity contribution in [2.45, 2.75) is 25.3 Å². The summed E-state index contributed by atoms with van der Waals surface area (Å²) in [5, 5.41) is 8.63. The SMILES string of the molecule is COc1ccc(NC(=O)C2CCN(C(=O)[C@@H](Cc3ccccc3)NC(=O)Nc3ccc(I)cc3)CC2)cc1. The predicted octanol–water partition coefficient (Wildman–Crippen LogP) is 4.91. The number of likely N-dealkylation sites (tertiary alicyclic amines) is 1. The van der Waals surface area contributed by atoms with E-state index >= 15 is 0 Å². The predicted molar refractivity (Wildman–Crippen MR) is 156 cm³/mol. The van der Waals surface area contributed by atoms with Gasteiger partial charge in [0, 0.05) is 40.4 Å². The number of halogens is 1. The van der Waals surface area contributed by atoms with Gasteiger partial charge in [-0.05, 0) is 89.5 Å². The van der Waals surface area contributed by atoms with E-state index < -0.39 is 12.1 Å². The molecule has 3 aromatic carbocycles. The molecule has 0 aliphatic carbocycles. The fourth-order valence-corrected chi connectivity index (χ4v) is 4.77.